The fourth-order valence-electron chi connectivity index (χ4n) is 2.41. The second kappa shape index (κ2) is 8.73. The molecule has 0 fully saturated rings. The lowest BCUT2D eigenvalue weighted by Crippen LogP contribution is -2.13. The highest BCUT2D eigenvalue weighted by Gasteiger charge is 2.16. The van der Waals surface area contributed by atoms with Crippen LogP contribution in [0.1, 0.15) is 5.76 Å². The molecule has 1 aromatic heterocycles. The zero-order valence-electron chi connectivity index (χ0n) is 14.6. The summed E-state index contributed by atoms with van der Waals surface area (Å²) in [7, 11) is 0. The van der Waals surface area contributed by atoms with E-state index in [0.717, 1.165) is 4.47 Å². The number of nitro groups is 1. The number of amides is 1. The second-order valence-corrected chi connectivity index (χ2v) is 7.08. The van der Waals surface area contributed by atoms with Gasteiger partial charge >= 0.3 is 0 Å². The zero-order valence-corrected chi connectivity index (χ0v) is 16.9. The van der Waals surface area contributed by atoms with E-state index >= 15 is 0 Å². The first-order valence-electron chi connectivity index (χ1n) is 8.10. The van der Waals surface area contributed by atoms with Gasteiger partial charge < -0.3 is 9.73 Å². The largest absolute Gasteiger partial charge is 0.457 e. The van der Waals surface area contributed by atoms with E-state index in [1.54, 1.807) is 42.5 Å². The number of rotatable bonds is 5. The van der Waals surface area contributed by atoms with Crippen molar-refractivity contribution in [1.82, 2.24) is 0 Å². The Morgan fingerprint density at radius 3 is 2.59 bits per heavy atom. The van der Waals surface area contributed by atoms with Gasteiger partial charge in [-0.15, -0.1) is 0 Å². The third kappa shape index (κ3) is 4.90. The number of anilines is 1. The topological polar surface area (TPSA) is 109 Å². The van der Waals surface area contributed by atoms with E-state index in [1.807, 2.05) is 6.07 Å². The highest BCUT2D eigenvalue weighted by molar-refractivity contribution is 9.10. The Morgan fingerprint density at radius 2 is 1.93 bits per heavy atom. The van der Waals surface area contributed by atoms with Crippen LogP contribution in [0.5, 0.6) is 0 Å². The van der Waals surface area contributed by atoms with Gasteiger partial charge in [0, 0.05) is 27.9 Å². The van der Waals surface area contributed by atoms with Gasteiger partial charge in [-0.2, -0.15) is 5.26 Å². The quantitative estimate of drug-likeness (QED) is 0.218. The first kappa shape index (κ1) is 20.3. The van der Waals surface area contributed by atoms with Crippen LogP contribution in [-0.4, -0.2) is 10.8 Å². The summed E-state index contributed by atoms with van der Waals surface area (Å²) in [5.74, 6) is -0.00311. The lowest BCUT2D eigenvalue weighted by Gasteiger charge is -2.04. The van der Waals surface area contributed by atoms with E-state index < -0.39 is 10.8 Å². The number of nitrogens with one attached hydrogen (secondary N) is 1. The molecule has 1 heterocycles. The van der Waals surface area contributed by atoms with Crippen molar-refractivity contribution in [2.24, 2.45) is 0 Å². The van der Waals surface area contributed by atoms with Gasteiger partial charge in [-0.25, -0.2) is 0 Å². The molecule has 0 bridgehead atoms. The van der Waals surface area contributed by atoms with Gasteiger partial charge in [0.05, 0.1) is 4.92 Å². The number of hydrogen-bond donors (Lipinski definition) is 1. The fourth-order valence-corrected chi connectivity index (χ4v) is 2.86. The van der Waals surface area contributed by atoms with E-state index in [1.165, 1.54) is 18.2 Å². The lowest BCUT2D eigenvalue weighted by atomic mass is 10.1. The second-order valence-electron chi connectivity index (χ2n) is 5.76. The van der Waals surface area contributed by atoms with E-state index in [2.05, 4.69) is 21.2 Å². The lowest BCUT2D eigenvalue weighted by molar-refractivity contribution is -0.384. The summed E-state index contributed by atoms with van der Waals surface area (Å²) in [6, 6.07) is 16.1. The van der Waals surface area contributed by atoms with Crippen LogP contribution >= 0.6 is 27.5 Å². The molecule has 0 aliphatic carbocycles. The van der Waals surface area contributed by atoms with E-state index in [4.69, 9.17) is 16.0 Å². The first-order chi connectivity index (χ1) is 13.9. The third-order valence-electron chi connectivity index (χ3n) is 3.81. The Morgan fingerprint density at radius 1 is 1.21 bits per heavy atom. The molecule has 1 N–H and O–H groups in total. The Kier molecular flexibility index (Phi) is 6.12. The normalized spacial score (nSPS) is 11.0. The van der Waals surface area contributed by atoms with Crippen molar-refractivity contribution in [3.05, 3.63) is 85.5 Å². The summed E-state index contributed by atoms with van der Waals surface area (Å²) >= 11 is 9.12. The maximum absolute atomic E-state index is 12.3. The Labute approximate surface area is 178 Å². The summed E-state index contributed by atoms with van der Waals surface area (Å²) in [6.45, 7) is 0. The summed E-state index contributed by atoms with van der Waals surface area (Å²) in [5, 5.41) is 23.0. The smallest absolute Gasteiger partial charge is 0.288 e. The van der Waals surface area contributed by atoms with Crippen LogP contribution in [0.4, 0.5) is 11.4 Å². The number of benzene rings is 2. The predicted molar refractivity (Wildman–Crippen MR) is 112 cm³/mol. The molecule has 0 radical (unpaired) electrons. The third-order valence-corrected chi connectivity index (χ3v) is 4.66. The number of carbonyl (C=O) groups excluding carboxylic acids is 1. The molecule has 0 unspecified atom stereocenters. The SMILES string of the molecule is N#CC(=Cc1ccc(-c2ccc(Cl)c([N+](=O)[O-])c2)o1)C(=O)Nc1ccc(Br)cc1. The molecule has 0 saturated carbocycles. The molecule has 144 valence electrons. The van der Waals surface area contributed by atoms with E-state index in [-0.39, 0.29) is 22.0 Å². The van der Waals surface area contributed by atoms with Crippen LogP contribution in [0.25, 0.3) is 17.4 Å². The molecule has 29 heavy (non-hydrogen) atoms. The summed E-state index contributed by atoms with van der Waals surface area (Å²) in [5.41, 5.74) is 0.576. The van der Waals surface area contributed by atoms with Gasteiger partial charge in [-0.1, -0.05) is 27.5 Å². The molecule has 1 amide bonds. The fraction of sp³-hybridized carbons (Fsp3) is 0. The molecule has 9 heteroatoms. The molecule has 3 aromatic rings. The molecule has 0 spiro atoms. The van der Waals surface area contributed by atoms with Gasteiger partial charge in [0.25, 0.3) is 11.6 Å². The number of hydrogen-bond acceptors (Lipinski definition) is 5. The average molecular weight is 473 g/mol. The van der Waals surface area contributed by atoms with Crippen LogP contribution in [0, 0.1) is 21.4 Å². The highest BCUT2D eigenvalue weighted by atomic mass is 79.9. The molecule has 0 aliphatic heterocycles. The van der Waals surface area contributed by atoms with Crippen molar-refractivity contribution in [1.29, 1.82) is 5.26 Å². The molecule has 0 saturated heterocycles. The maximum Gasteiger partial charge on any atom is 0.288 e. The van der Waals surface area contributed by atoms with Gasteiger partial charge in [-0.05, 0) is 48.5 Å². The Balaban J connectivity index is 1.83. The van der Waals surface area contributed by atoms with Crippen LogP contribution in [0.3, 0.4) is 0 Å². The number of nitro benzene ring substituents is 1. The van der Waals surface area contributed by atoms with E-state index in [9.17, 15) is 20.2 Å². The van der Waals surface area contributed by atoms with Crippen LogP contribution in [0.2, 0.25) is 5.02 Å². The average Bonchev–Trinajstić information content (AvgIpc) is 3.16. The number of nitrogens with zero attached hydrogens (tertiary/aromatic N) is 2. The van der Waals surface area contributed by atoms with Crippen molar-refractivity contribution < 1.29 is 14.1 Å². The number of nitriles is 1. The minimum Gasteiger partial charge on any atom is -0.457 e. The molecule has 2 aromatic carbocycles. The van der Waals surface area contributed by atoms with Gasteiger partial charge in [0.15, 0.2) is 0 Å². The maximum atomic E-state index is 12.3. The van der Waals surface area contributed by atoms with Crippen LogP contribution in [0.15, 0.2) is 69.1 Å². The molecular formula is C20H11BrClN3O4. The van der Waals surface area contributed by atoms with Gasteiger partial charge in [0.2, 0.25) is 0 Å². The first-order valence-corrected chi connectivity index (χ1v) is 9.27. The summed E-state index contributed by atoms with van der Waals surface area (Å²) in [6.07, 6.45) is 1.29. The number of carbonyl (C=O) groups is 1. The zero-order chi connectivity index (χ0) is 21.0. The van der Waals surface area contributed by atoms with Gasteiger partial charge in [0.1, 0.15) is 28.2 Å². The van der Waals surface area contributed by atoms with Crippen molar-refractivity contribution in [3.8, 4) is 17.4 Å². The van der Waals surface area contributed by atoms with Crippen molar-refractivity contribution >= 4 is 50.9 Å². The number of furan rings is 1. The number of halogens is 2. The molecule has 3 rings (SSSR count). The Bertz CT molecular complexity index is 1160. The van der Waals surface area contributed by atoms with E-state index in [0.29, 0.717) is 17.0 Å². The highest BCUT2D eigenvalue weighted by Crippen LogP contribution is 2.31. The minimum atomic E-state index is -0.588. The summed E-state index contributed by atoms with van der Waals surface area (Å²) in [4.78, 5) is 22.8. The molecular weight excluding hydrogens is 462 g/mol. The standard InChI is InChI=1S/C20H11BrClN3O4/c21-14-2-4-15(5-3-14)24-20(26)13(11-23)9-16-6-8-19(29-16)12-1-7-17(22)18(10-12)25(27)28/h1-10H,(H,24,26). The van der Waals surface area contributed by atoms with Crippen molar-refractivity contribution in [2.75, 3.05) is 5.32 Å². The van der Waals surface area contributed by atoms with Gasteiger partial charge in [-0.3, -0.25) is 14.9 Å². The van der Waals surface area contributed by atoms with Crippen LogP contribution in [-0.2, 0) is 4.79 Å². The molecule has 7 nitrogen and oxygen atoms in total. The predicted octanol–water partition coefficient (Wildman–Crippen LogP) is 5.82. The molecule has 0 aliphatic rings. The molecule has 0 atom stereocenters. The minimum absolute atomic E-state index is 0.0156. The Hall–Kier alpha value is -3.41. The van der Waals surface area contributed by atoms with Crippen molar-refractivity contribution in [2.45, 2.75) is 0 Å². The van der Waals surface area contributed by atoms with Crippen LogP contribution < -0.4 is 5.32 Å². The monoisotopic (exact) mass is 471 g/mol. The summed E-state index contributed by atoms with van der Waals surface area (Å²) < 4.78 is 6.47. The van der Waals surface area contributed by atoms with Crippen molar-refractivity contribution in [3.63, 3.8) is 0 Å².